The summed E-state index contributed by atoms with van der Waals surface area (Å²) in [6.07, 6.45) is 0.979. The van der Waals surface area contributed by atoms with Crippen LogP contribution in [0.5, 0.6) is 0 Å². The number of aliphatic hydroxyl groups is 1. The summed E-state index contributed by atoms with van der Waals surface area (Å²) in [6, 6.07) is 0. The van der Waals surface area contributed by atoms with E-state index in [1.165, 1.54) is 6.33 Å². The fourth-order valence-electron chi connectivity index (χ4n) is 2.68. The molecular weight excluding hydrogens is 262 g/mol. The summed E-state index contributed by atoms with van der Waals surface area (Å²) in [5, 5.41) is 9.33. The lowest BCUT2D eigenvalue weighted by Gasteiger charge is -2.17. The average molecular weight is 279 g/mol. The third-order valence-electron chi connectivity index (χ3n) is 4.08. The summed E-state index contributed by atoms with van der Waals surface area (Å²) in [7, 11) is 0. The molecule has 0 bridgehead atoms. The van der Waals surface area contributed by atoms with Crippen molar-refractivity contribution in [2.45, 2.75) is 26.2 Å². The highest BCUT2D eigenvalue weighted by atomic mass is 16.5. The summed E-state index contributed by atoms with van der Waals surface area (Å²) in [5.41, 5.74) is 5.84. The first-order valence-electron chi connectivity index (χ1n) is 6.51. The Balaban J connectivity index is 2.09. The maximum atomic E-state index is 11.8. The Hall–Kier alpha value is -1.93. The molecule has 2 aromatic heterocycles. The quantitative estimate of drug-likeness (QED) is 0.704. The molecule has 1 aliphatic rings. The van der Waals surface area contributed by atoms with Crippen LogP contribution in [0.1, 0.15) is 20.1 Å². The van der Waals surface area contributed by atoms with Crippen LogP contribution in [0.4, 0.5) is 5.95 Å². The van der Waals surface area contributed by atoms with E-state index >= 15 is 0 Å². The number of H-pyrrole nitrogens is 1. The maximum absolute atomic E-state index is 11.8. The van der Waals surface area contributed by atoms with Crippen LogP contribution in [0, 0.1) is 11.8 Å². The molecule has 0 amide bonds. The van der Waals surface area contributed by atoms with Gasteiger partial charge in [-0.3, -0.25) is 14.3 Å². The summed E-state index contributed by atoms with van der Waals surface area (Å²) < 4.78 is 7.55. The van der Waals surface area contributed by atoms with Gasteiger partial charge in [0, 0.05) is 5.92 Å². The number of fused-ring (bicyclic) bond motifs is 1. The summed E-state index contributed by atoms with van der Waals surface area (Å²) in [6.45, 7) is 4.03. The van der Waals surface area contributed by atoms with Crippen molar-refractivity contribution in [1.29, 1.82) is 0 Å². The monoisotopic (exact) mass is 279 g/mol. The molecule has 108 valence electrons. The minimum absolute atomic E-state index is 0.0369. The van der Waals surface area contributed by atoms with Gasteiger partial charge in [0.25, 0.3) is 5.56 Å². The maximum Gasteiger partial charge on any atom is 0.280 e. The lowest BCUT2D eigenvalue weighted by Crippen LogP contribution is -2.19. The van der Waals surface area contributed by atoms with Gasteiger partial charge in [0.05, 0.1) is 19.0 Å². The number of aromatic amines is 1. The van der Waals surface area contributed by atoms with Gasteiger partial charge < -0.3 is 15.6 Å². The van der Waals surface area contributed by atoms with Crippen LogP contribution in [-0.4, -0.2) is 37.3 Å². The number of nitrogens with zero attached hydrogens (tertiary/aromatic N) is 3. The molecule has 8 nitrogen and oxygen atoms in total. The Morgan fingerprint density at radius 1 is 1.50 bits per heavy atom. The predicted octanol–water partition coefficient (Wildman–Crippen LogP) is -0.136. The first-order chi connectivity index (χ1) is 9.52. The first kappa shape index (κ1) is 13.1. The molecule has 4 atom stereocenters. The smallest absolute Gasteiger partial charge is 0.280 e. The highest BCUT2D eigenvalue weighted by Gasteiger charge is 2.40. The SMILES string of the molecule is C[C@@H]1[C@H](C)[C@H](n2cnc3c(=O)[nH]c(N)nc32)O[C@@H]1CO. The fourth-order valence-corrected chi connectivity index (χ4v) is 2.68. The lowest BCUT2D eigenvalue weighted by molar-refractivity contribution is -0.0336. The van der Waals surface area contributed by atoms with Gasteiger partial charge in [-0.05, 0) is 5.92 Å². The molecule has 1 fully saturated rings. The Labute approximate surface area is 114 Å². The molecule has 0 unspecified atom stereocenters. The zero-order valence-corrected chi connectivity index (χ0v) is 11.3. The predicted molar refractivity (Wildman–Crippen MR) is 71.9 cm³/mol. The van der Waals surface area contributed by atoms with E-state index in [1.54, 1.807) is 4.57 Å². The van der Waals surface area contributed by atoms with Gasteiger partial charge in [0.2, 0.25) is 5.95 Å². The fraction of sp³-hybridized carbons (Fsp3) is 0.583. The minimum atomic E-state index is -0.372. The molecule has 0 spiro atoms. The van der Waals surface area contributed by atoms with Crippen LogP contribution < -0.4 is 11.3 Å². The molecule has 8 heteroatoms. The van der Waals surface area contributed by atoms with Gasteiger partial charge in [-0.25, -0.2) is 4.98 Å². The topological polar surface area (TPSA) is 119 Å². The van der Waals surface area contributed by atoms with Crippen molar-refractivity contribution in [3.8, 4) is 0 Å². The number of nitrogen functional groups attached to an aromatic ring is 1. The number of hydrogen-bond donors (Lipinski definition) is 3. The van der Waals surface area contributed by atoms with Crippen LogP contribution in [-0.2, 0) is 4.74 Å². The zero-order valence-electron chi connectivity index (χ0n) is 11.3. The molecular formula is C12H17N5O3. The Bertz CT molecular complexity index is 694. The molecule has 0 saturated carbocycles. The number of ether oxygens (including phenoxy) is 1. The van der Waals surface area contributed by atoms with E-state index in [0.29, 0.717) is 5.65 Å². The molecule has 4 N–H and O–H groups in total. The van der Waals surface area contributed by atoms with E-state index in [1.807, 2.05) is 13.8 Å². The number of nitrogens with one attached hydrogen (secondary N) is 1. The summed E-state index contributed by atoms with van der Waals surface area (Å²) in [5.74, 6) is 0.398. The lowest BCUT2D eigenvalue weighted by atomic mass is 9.93. The second-order valence-electron chi connectivity index (χ2n) is 5.24. The van der Waals surface area contributed by atoms with Crippen LogP contribution >= 0.6 is 0 Å². The molecule has 1 aliphatic heterocycles. The van der Waals surface area contributed by atoms with Crippen molar-refractivity contribution in [1.82, 2.24) is 19.5 Å². The molecule has 0 aliphatic carbocycles. The van der Waals surface area contributed by atoms with E-state index in [-0.39, 0.29) is 47.8 Å². The van der Waals surface area contributed by atoms with Crippen LogP contribution in [0.2, 0.25) is 0 Å². The number of rotatable bonds is 2. The Kier molecular flexibility index (Phi) is 2.98. The van der Waals surface area contributed by atoms with Crippen molar-refractivity contribution < 1.29 is 9.84 Å². The van der Waals surface area contributed by atoms with Crippen molar-refractivity contribution >= 4 is 17.1 Å². The number of aromatic nitrogens is 4. The first-order valence-corrected chi connectivity index (χ1v) is 6.51. The minimum Gasteiger partial charge on any atom is -0.394 e. The molecule has 3 heterocycles. The number of hydrogen-bond acceptors (Lipinski definition) is 6. The third-order valence-corrected chi connectivity index (χ3v) is 4.08. The number of imidazole rings is 1. The van der Waals surface area contributed by atoms with Crippen LogP contribution in [0.25, 0.3) is 11.2 Å². The molecule has 0 aromatic carbocycles. The van der Waals surface area contributed by atoms with Gasteiger partial charge in [0.15, 0.2) is 11.2 Å². The summed E-state index contributed by atoms with van der Waals surface area (Å²) in [4.78, 5) is 22.4. The van der Waals surface area contributed by atoms with Crippen molar-refractivity contribution in [3.05, 3.63) is 16.7 Å². The van der Waals surface area contributed by atoms with E-state index in [9.17, 15) is 9.90 Å². The van der Waals surface area contributed by atoms with E-state index in [0.717, 1.165) is 0 Å². The average Bonchev–Trinajstić information content (AvgIpc) is 2.93. The Morgan fingerprint density at radius 3 is 2.90 bits per heavy atom. The van der Waals surface area contributed by atoms with Gasteiger partial charge in [-0.15, -0.1) is 0 Å². The van der Waals surface area contributed by atoms with Crippen molar-refractivity contribution in [3.63, 3.8) is 0 Å². The standard InChI is InChI=1S/C12H17N5O3/c1-5-6(2)11(20-7(5)3-18)17-4-14-8-9(17)15-12(13)16-10(8)19/h4-7,11,18H,3H2,1-2H3,(H3,13,15,16,19)/t5-,6+,7-,11-/m1/s1. The van der Waals surface area contributed by atoms with E-state index < -0.39 is 0 Å². The molecule has 3 rings (SSSR count). The second kappa shape index (κ2) is 4.57. The largest absolute Gasteiger partial charge is 0.394 e. The van der Waals surface area contributed by atoms with Crippen molar-refractivity contribution in [2.75, 3.05) is 12.3 Å². The molecule has 0 radical (unpaired) electrons. The van der Waals surface area contributed by atoms with Crippen LogP contribution in [0.15, 0.2) is 11.1 Å². The highest BCUT2D eigenvalue weighted by molar-refractivity contribution is 5.70. The molecule has 20 heavy (non-hydrogen) atoms. The van der Waals surface area contributed by atoms with Crippen molar-refractivity contribution in [2.24, 2.45) is 11.8 Å². The van der Waals surface area contributed by atoms with E-state index in [4.69, 9.17) is 10.5 Å². The Morgan fingerprint density at radius 2 is 2.25 bits per heavy atom. The zero-order chi connectivity index (χ0) is 14.4. The third kappa shape index (κ3) is 1.80. The normalized spacial score (nSPS) is 30.1. The molecule has 1 saturated heterocycles. The summed E-state index contributed by atoms with van der Waals surface area (Å²) >= 11 is 0. The van der Waals surface area contributed by atoms with Gasteiger partial charge in [0.1, 0.15) is 6.23 Å². The number of anilines is 1. The van der Waals surface area contributed by atoms with Gasteiger partial charge in [-0.2, -0.15) is 4.98 Å². The number of nitrogens with two attached hydrogens (primary N) is 1. The number of aliphatic hydroxyl groups excluding tert-OH is 1. The highest BCUT2D eigenvalue weighted by Crippen LogP contribution is 2.39. The second-order valence-corrected chi connectivity index (χ2v) is 5.24. The molecule has 2 aromatic rings. The van der Waals surface area contributed by atoms with Gasteiger partial charge >= 0.3 is 0 Å². The van der Waals surface area contributed by atoms with Crippen LogP contribution in [0.3, 0.4) is 0 Å². The van der Waals surface area contributed by atoms with E-state index in [2.05, 4.69) is 15.0 Å². The van der Waals surface area contributed by atoms with Gasteiger partial charge in [-0.1, -0.05) is 13.8 Å².